The van der Waals surface area contributed by atoms with Gasteiger partial charge in [0, 0.05) is 7.05 Å². The maximum absolute atomic E-state index is 11.1. The Bertz CT molecular complexity index is 183. The number of carbonyl (C=O) groups excluding carboxylic acids is 1. The second-order valence-corrected chi connectivity index (χ2v) is 4.13. The third-order valence-electron chi connectivity index (χ3n) is 1.12. The molecule has 5 heteroatoms. The van der Waals surface area contributed by atoms with Crippen LogP contribution >= 0.6 is 34.8 Å². The second kappa shape index (κ2) is 4.29. The Kier molecular flexibility index (Phi) is 4.37. The molecule has 0 saturated heterocycles. The zero-order chi connectivity index (χ0) is 9.07. The summed E-state index contributed by atoms with van der Waals surface area (Å²) in [6, 6.07) is 0. The number of halogens is 3. The van der Waals surface area contributed by atoms with Crippen LogP contribution in [0.25, 0.3) is 0 Å². The number of carbonyl (C=O) groups is 1. The summed E-state index contributed by atoms with van der Waals surface area (Å²) in [5.41, 5.74) is 0.296. The van der Waals surface area contributed by atoms with Crippen LogP contribution in [0, 0.1) is 0 Å². The second-order valence-electron chi connectivity index (χ2n) is 1.85. The fourth-order valence-corrected chi connectivity index (χ4v) is 0.911. The quantitative estimate of drug-likeness (QED) is 0.515. The van der Waals surface area contributed by atoms with Crippen molar-refractivity contribution in [1.29, 1.82) is 0 Å². The molecule has 0 aliphatic carbocycles. The number of hydrogen-bond acceptors (Lipinski definition) is 2. The highest BCUT2D eigenvalue weighted by Gasteiger charge is 2.32. The number of hydrogen-bond donors (Lipinski definition) is 0. The lowest BCUT2D eigenvalue weighted by Crippen LogP contribution is -2.27. The van der Waals surface area contributed by atoms with Gasteiger partial charge in [0.15, 0.2) is 0 Å². The van der Waals surface area contributed by atoms with E-state index >= 15 is 0 Å². The average molecular weight is 216 g/mol. The smallest absolute Gasteiger partial charge is 0.254 e. The van der Waals surface area contributed by atoms with Crippen LogP contribution in [0.3, 0.4) is 0 Å². The zero-order valence-electron chi connectivity index (χ0n) is 6.20. The summed E-state index contributed by atoms with van der Waals surface area (Å²) in [5, 5.41) is 0. The van der Waals surface area contributed by atoms with Gasteiger partial charge in [0.1, 0.15) is 0 Å². The first-order valence-electron chi connectivity index (χ1n) is 3.00. The number of nitrogens with zero attached hydrogens (tertiary/aromatic N) is 1. The van der Waals surface area contributed by atoms with E-state index in [4.69, 9.17) is 34.8 Å². The third-order valence-corrected chi connectivity index (χ3v) is 1.64. The first kappa shape index (κ1) is 11.2. The molecule has 0 aliphatic heterocycles. The van der Waals surface area contributed by atoms with Crippen LogP contribution in [0.1, 0.15) is 13.3 Å². The van der Waals surface area contributed by atoms with Crippen molar-refractivity contribution in [2.45, 2.75) is 17.1 Å². The van der Waals surface area contributed by atoms with E-state index < -0.39 is 9.58 Å². The Balaban J connectivity index is 4.49. The number of Topliss-reactive ketones (excluding diaryl/α,β-unsaturated/α-hetero) is 1. The molecule has 0 spiro atoms. The highest BCUT2D eigenvalue weighted by molar-refractivity contribution is 6.82. The molecule has 0 radical (unpaired) electrons. The van der Waals surface area contributed by atoms with Gasteiger partial charge in [0.25, 0.3) is 3.79 Å². The predicted octanol–water partition coefficient (Wildman–Crippen LogP) is 2.41. The fourth-order valence-electron chi connectivity index (χ4n) is 0.584. The van der Waals surface area contributed by atoms with Gasteiger partial charge in [-0.15, -0.1) is 0 Å². The van der Waals surface area contributed by atoms with E-state index in [1.807, 2.05) is 0 Å². The van der Waals surface area contributed by atoms with E-state index in [1.165, 1.54) is 7.05 Å². The summed E-state index contributed by atoms with van der Waals surface area (Å²) in [4.78, 5) is 14.8. The van der Waals surface area contributed by atoms with Crippen molar-refractivity contribution < 1.29 is 4.79 Å². The van der Waals surface area contributed by atoms with Crippen molar-refractivity contribution in [1.82, 2.24) is 0 Å². The van der Waals surface area contributed by atoms with Gasteiger partial charge in [-0.1, -0.05) is 41.7 Å². The van der Waals surface area contributed by atoms with Gasteiger partial charge in [-0.05, 0) is 6.42 Å². The summed E-state index contributed by atoms with van der Waals surface area (Å²) in [7, 11) is 1.49. The molecule has 11 heavy (non-hydrogen) atoms. The molecule has 0 unspecified atom stereocenters. The third kappa shape index (κ3) is 3.41. The number of aliphatic imine (C=N–C) groups is 1. The molecule has 0 heterocycles. The van der Waals surface area contributed by atoms with E-state index in [2.05, 4.69) is 4.99 Å². The van der Waals surface area contributed by atoms with Crippen molar-refractivity contribution in [3.63, 3.8) is 0 Å². The zero-order valence-corrected chi connectivity index (χ0v) is 8.46. The summed E-state index contributed by atoms with van der Waals surface area (Å²) in [6.07, 6.45) is 0.475. The van der Waals surface area contributed by atoms with Crippen LogP contribution in [0.2, 0.25) is 0 Å². The van der Waals surface area contributed by atoms with Crippen LogP contribution in [-0.2, 0) is 4.79 Å². The Hall–Kier alpha value is 0.210. The Morgan fingerprint density at radius 3 is 2.00 bits per heavy atom. The molecule has 0 aliphatic rings. The van der Waals surface area contributed by atoms with Gasteiger partial charge in [-0.25, -0.2) is 0 Å². The molecular weight excluding hydrogens is 208 g/mol. The number of rotatable bonds is 2. The predicted molar refractivity (Wildman–Crippen MR) is 48.9 cm³/mol. The van der Waals surface area contributed by atoms with Crippen LogP contribution in [0.4, 0.5) is 0 Å². The highest BCUT2D eigenvalue weighted by Crippen LogP contribution is 2.27. The normalized spacial score (nSPS) is 13.4. The van der Waals surface area contributed by atoms with Gasteiger partial charge in [0.2, 0.25) is 5.78 Å². The molecule has 0 saturated carbocycles. The minimum absolute atomic E-state index is 0.296. The van der Waals surface area contributed by atoms with Crippen molar-refractivity contribution in [2.75, 3.05) is 7.05 Å². The van der Waals surface area contributed by atoms with Crippen molar-refractivity contribution in [3.05, 3.63) is 0 Å². The van der Waals surface area contributed by atoms with Crippen molar-refractivity contribution in [3.8, 4) is 0 Å². The first-order valence-corrected chi connectivity index (χ1v) is 4.14. The minimum atomic E-state index is -1.87. The summed E-state index contributed by atoms with van der Waals surface area (Å²) < 4.78 is -1.87. The van der Waals surface area contributed by atoms with Crippen LogP contribution in [-0.4, -0.2) is 22.3 Å². The van der Waals surface area contributed by atoms with Gasteiger partial charge < -0.3 is 0 Å². The van der Waals surface area contributed by atoms with Crippen molar-refractivity contribution in [2.24, 2.45) is 4.99 Å². The number of ketones is 1. The van der Waals surface area contributed by atoms with Gasteiger partial charge in [0.05, 0.1) is 5.71 Å². The molecule has 0 aromatic rings. The summed E-state index contributed by atoms with van der Waals surface area (Å²) in [6.45, 7) is 1.77. The van der Waals surface area contributed by atoms with Crippen LogP contribution < -0.4 is 0 Å². The summed E-state index contributed by atoms with van der Waals surface area (Å²) >= 11 is 16.0. The molecule has 2 nitrogen and oxygen atoms in total. The van der Waals surface area contributed by atoms with Crippen LogP contribution in [0.5, 0.6) is 0 Å². The standard InChI is InChI=1S/C6H8Cl3NO/c1-3-4(10-2)5(11)6(7,8)9/h3H2,1-2H3. The monoisotopic (exact) mass is 215 g/mol. The molecule has 0 atom stereocenters. The van der Waals surface area contributed by atoms with Gasteiger partial charge >= 0.3 is 0 Å². The van der Waals surface area contributed by atoms with Crippen molar-refractivity contribution >= 4 is 46.3 Å². The molecule has 0 bridgehead atoms. The van der Waals surface area contributed by atoms with E-state index in [0.717, 1.165) is 0 Å². The topological polar surface area (TPSA) is 29.4 Å². The Labute approximate surface area is 80.5 Å². The molecule has 0 amide bonds. The van der Waals surface area contributed by atoms with E-state index in [9.17, 15) is 4.79 Å². The minimum Gasteiger partial charge on any atom is -0.289 e. The molecular formula is C6H8Cl3NO. The SMILES string of the molecule is CCC(=NC)C(=O)C(Cl)(Cl)Cl. The lowest BCUT2D eigenvalue weighted by molar-refractivity contribution is -0.112. The maximum Gasteiger partial charge on any atom is 0.254 e. The van der Waals surface area contributed by atoms with E-state index in [0.29, 0.717) is 12.1 Å². The molecule has 0 rings (SSSR count). The van der Waals surface area contributed by atoms with E-state index in [-0.39, 0.29) is 0 Å². The maximum atomic E-state index is 11.1. The Morgan fingerprint density at radius 2 is 1.91 bits per heavy atom. The first-order chi connectivity index (χ1) is 4.93. The largest absolute Gasteiger partial charge is 0.289 e. The summed E-state index contributed by atoms with van der Waals surface area (Å²) in [5.74, 6) is -0.549. The van der Waals surface area contributed by atoms with Crippen LogP contribution in [0.15, 0.2) is 4.99 Å². The highest BCUT2D eigenvalue weighted by atomic mass is 35.6. The average Bonchev–Trinajstić information content (AvgIpc) is 1.88. The fraction of sp³-hybridized carbons (Fsp3) is 0.667. The Morgan fingerprint density at radius 1 is 1.45 bits per heavy atom. The molecule has 0 fully saturated rings. The lowest BCUT2D eigenvalue weighted by atomic mass is 10.2. The molecule has 0 aromatic heterocycles. The molecule has 0 aromatic carbocycles. The van der Waals surface area contributed by atoms with Gasteiger partial charge in [-0.2, -0.15) is 0 Å². The number of alkyl halides is 3. The molecule has 0 N–H and O–H groups in total. The molecule has 64 valence electrons. The lowest BCUT2D eigenvalue weighted by Gasteiger charge is -2.09. The van der Waals surface area contributed by atoms with Gasteiger partial charge in [-0.3, -0.25) is 9.79 Å². The van der Waals surface area contributed by atoms with E-state index in [1.54, 1.807) is 6.92 Å².